The molecule has 1 aromatic heterocycles. The van der Waals surface area contributed by atoms with Crippen LogP contribution >= 0.6 is 27.3 Å². The smallest absolute Gasteiger partial charge is 0.341 e. The Morgan fingerprint density at radius 3 is 2.31 bits per heavy atom. The molecule has 0 saturated carbocycles. The molecule has 1 amide bonds. The molecule has 0 radical (unpaired) electrons. The van der Waals surface area contributed by atoms with Gasteiger partial charge in [0.2, 0.25) is 5.91 Å². The van der Waals surface area contributed by atoms with Crippen LogP contribution in [0.25, 0.3) is 17.2 Å². The lowest BCUT2D eigenvalue weighted by Gasteiger charge is -2.18. The molecule has 3 rings (SSSR count). The minimum Gasteiger partial charge on any atom is -0.462 e. The molecule has 0 aliphatic heterocycles. The normalized spacial score (nSPS) is 11.5. The van der Waals surface area contributed by atoms with Crippen LogP contribution < -0.4 is 5.32 Å². The van der Waals surface area contributed by atoms with Gasteiger partial charge in [-0.15, -0.1) is 11.3 Å². The average Bonchev–Trinajstić information content (AvgIpc) is 3.16. The zero-order valence-electron chi connectivity index (χ0n) is 18.6. The van der Waals surface area contributed by atoms with Gasteiger partial charge >= 0.3 is 5.97 Å². The van der Waals surface area contributed by atoms with Crippen molar-refractivity contribution in [2.75, 3.05) is 11.9 Å². The summed E-state index contributed by atoms with van der Waals surface area (Å²) in [5.74, 6) is -0.761. The van der Waals surface area contributed by atoms with Crippen molar-refractivity contribution in [3.05, 3.63) is 81.2 Å². The molecular formula is C26H26BrNO3S. The van der Waals surface area contributed by atoms with E-state index >= 15 is 0 Å². The van der Waals surface area contributed by atoms with E-state index < -0.39 is 5.97 Å². The molecule has 4 nitrogen and oxygen atoms in total. The number of anilines is 1. The van der Waals surface area contributed by atoms with Gasteiger partial charge in [-0.05, 0) is 47.2 Å². The maximum atomic E-state index is 12.7. The van der Waals surface area contributed by atoms with Crippen LogP contribution in [-0.2, 0) is 14.9 Å². The number of nitrogens with one attached hydrogen (secondary N) is 1. The molecule has 0 saturated heterocycles. The summed E-state index contributed by atoms with van der Waals surface area (Å²) in [6, 6.07) is 15.8. The minimum atomic E-state index is -0.455. The van der Waals surface area contributed by atoms with Crippen LogP contribution in [0.2, 0.25) is 0 Å². The van der Waals surface area contributed by atoms with Crippen LogP contribution in [-0.4, -0.2) is 18.5 Å². The fraction of sp³-hybridized carbons (Fsp3) is 0.231. The zero-order chi connectivity index (χ0) is 23.3. The Morgan fingerprint density at radius 2 is 1.72 bits per heavy atom. The Balaban J connectivity index is 1.81. The summed E-state index contributed by atoms with van der Waals surface area (Å²) in [6.45, 7) is 8.50. The first kappa shape index (κ1) is 24.0. The minimum absolute atomic E-state index is 0.0782. The summed E-state index contributed by atoms with van der Waals surface area (Å²) in [6.07, 6.45) is 3.23. The molecule has 1 heterocycles. The molecule has 1 N–H and O–H groups in total. The van der Waals surface area contributed by atoms with E-state index in [0.717, 1.165) is 21.2 Å². The predicted molar refractivity (Wildman–Crippen MR) is 136 cm³/mol. The third-order valence-corrected chi connectivity index (χ3v) is 6.29. The molecule has 32 heavy (non-hydrogen) atoms. The van der Waals surface area contributed by atoms with Crippen LogP contribution in [0.5, 0.6) is 0 Å². The summed E-state index contributed by atoms with van der Waals surface area (Å²) in [5.41, 5.74) is 4.23. The van der Waals surface area contributed by atoms with Crippen LogP contribution in [0.4, 0.5) is 5.00 Å². The van der Waals surface area contributed by atoms with Crippen LogP contribution in [0.3, 0.4) is 0 Å². The fourth-order valence-corrected chi connectivity index (χ4v) is 4.34. The molecular weight excluding hydrogens is 486 g/mol. The number of benzene rings is 2. The molecule has 3 aromatic rings. The number of hydrogen-bond donors (Lipinski definition) is 1. The standard InChI is InChI=1S/C26H26BrNO3S/c1-5-31-25(30)23-21(18-9-13-20(27)14-10-18)16-32-24(23)28-22(29)15-8-17-6-11-19(12-7-17)26(2,3)4/h6-16H,5H2,1-4H3,(H,28,29)/b15-8+. The Bertz CT molecular complexity index is 1120. The summed E-state index contributed by atoms with van der Waals surface area (Å²) in [5, 5.41) is 5.17. The number of hydrogen-bond acceptors (Lipinski definition) is 4. The van der Waals surface area contributed by atoms with Crippen LogP contribution in [0.1, 0.15) is 49.2 Å². The molecule has 0 aliphatic rings. The number of amides is 1. The van der Waals surface area contributed by atoms with Gasteiger partial charge in [0, 0.05) is 21.5 Å². The van der Waals surface area contributed by atoms with Crippen molar-refractivity contribution in [1.82, 2.24) is 0 Å². The largest absolute Gasteiger partial charge is 0.462 e. The molecule has 2 aromatic carbocycles. The van der Waals surface area contributed by atoms with E-state index in [-0.39, 0.29) is 17.9 Å². The lowest BCUT2D eigenvalue weighted by molar-refractivity contribution is -0.111. The fourth-order valence-electron chi connectivity index (χ4n) is 3.12. The molecule has 0 atom stereocenters. The molecule has 0 fully saturated rings. The van der Waals surface area contributed by atoms with Gasteiger partial charge in [-0.3, -0.25) is 4.79 Å². The van der Waals surface area contributed by atoms with E-state index in [1.54, 1.807) is 13.0 Å². The second-order valence-electron chi connectivity index (χ2n) is 8.28. The Labute approximate surface area is 201 Å². The Morgan fingerprint density at radius 1 is 1.06 bits per heavy atom. The second-order valence-corrected chi connectivity index (χ2v) is 10.1. The summed E-state index contributed by atoms with van der Waals surface area (Å²) in [4.78, 5) is 25.3. The van der Waals surface area contributed by atoms with E-state index in [1.807, 2.05) is 41.8 Å². The van der Waals surface area contributed by atoms with Gasteiger partial charge in [0.05, 0.1) is 6.61 Å². The molecule has 0 unspecified atom stereocenters. The number of rotatable bonds is 6. The molecule has 0 spiro atoms. The molecule has 0 aliphatic carbocycles. The Hall–Kier alpha value is -2.70. The number of halogens is 1. The number of ether oxygens (including phenoxy) is 1. The van der Waals surface area contributed by atoms with Crippen molar-refractivity contribution in [2.45, 2.75) is 33.1 Å². The highest BCUT2D eigenvalue weighted by atomic mass is 79.9. The summed E-state index contributed by atoms with van der Waals surface area (Å²) >= 11 is 4.73. The van der Waals surface area contributed by atoms with E-state index in [9.17, 15) is 9.59 Å². The lowest BCUT2D eigenvalue weighted by atomic mass is 9.87. The SMILES string of the molecule is CCOC(=O)c1c(-c2ccc(Br)cc2)csc1NC(=O)/C=C/c1ccc(C(C)(C)C)cc1. The van der Waals surface area contributed by atoms with Crippen molar-refractivity contribution in [2.24, 2.45) is 0 Å². The van der Waals surface area contributed by atoms with Crippen LogP contribution in [0.15, 0.2) is 64.5 Å². The highest BCUT2D eigenvalue weighted by Gasteiger charge is 2.22. The van der Waals surface area contributed by atoms with E-state index in [0.29, 0.717) is 10.6 Å². The monoisotopic (exact) mass is 511 g/mol. The average molecular weight is 512 g/mol. The van der Waals surface area contributed by atoms with E-state index in [4.69, 9.17) is 4.74 Å². The molecule has 166 valence electrons. The predicted octanol–water partition coefficient (Wildman–Crippen LogP) is 7.30. The highest BCUT2D eigenvalue weighted by molar-refractivity contribution is 9.10. The van der Waals surface area contributed by atoms with Crippen molar-refractivity contribution >= 4 is 50.2 Å². The third kappa shape index (κ3) is 5.96. The van der Waals surface area contributed by atoms with Gasteiger partial charge < -0.3 is 10.1 Å². The summed E-state index contributed by atoms with van der Waals surface area (Å²) < 4.78 is 6.20. The highest BCUT2D eigenvalue weighted by Crippen LogP contribution is 2.36. The van der Waals surface area contributed by atoms with Crippen LogP contribution in [0, 0.1) is 0 Å². The maximum absolute atomic E-state index is 12.7. The first-order valence-electron chi connectivity index (χ1n) is 10.3. The van der Waals surface area contributed by atoms with Gasteiger partial charge in [-0.25, -0.2) is 4.79 Å². The van der Waals surface area contributed by atoms with E-state index in [2.05, 4.69) is 54.2 Å². The van der Waals surface area contributed by atoms with Gasteiger partial charge in [-0.2, -0.15) is 0 Å². The van der Waals surface area contributed by atoms with Gasteiger partial charge in [0.1, 0.15) is 10.6 Å². The van der Waals surface area contributed by atoms with Gasteiger partial charge in [0.15, 0.2) is 0 Å². The number of esters is 1. The molecule has 0 bridgehead atoms. The molecule has 6 heteroatoms. The first-order chi connectivity index (χ1) is 15.2. The number of carbonyl (C=O) groups is 2. The third-order valence-electron chi connectivity index (χ3n) is 4.87. The quantitative estimate of drug-likeness (QED) is 0.279. The van der Waals surface area contributed by atoms with Gasteiger partial charge in [0.25, 0.3) is 0 Å². The second kappa shape index (κ2) is 10.3. The summed E-state index contributed by atoms with van der Waals surface area (Å²) in [7, 11) is 0. The lowest BCUT2D eigenvalue weighted by Crippen LogP contribution is -2.12. The Kier molecular flexibility index (Phi) is 7.69. The van der Waals surface area contributed by atoms with Crippen molar-refractivity contribution in [3.8, 4) is 11.1 Å². The number of thiophene rings is 1. The van der Waals surface area contributed by atoms with Crippen molar-refractivity contribution < 1.29 is 14.3 Å². The topological polar surface area (TPSA) is 55.4 Å². The van der Waals surface area contributed by atoms with Crippen molar-refractivity contribution in [1.29, 1.82) is 0 Å². The van der Waals surface area contributed by atoms with E-state index in [1.165, 1.54) is 23.0 Å². The number of carbonyl (C=O) groups excluding carboxylic acids is 2. The van der Waals surface area contributed by atoms with Crippen molar-refractivity contribution in [3.63, 3.8) is 0 Å². The van der Waals surface area contributed by atoms with Gasteiger partial charge in [-0.1, -0.05) is 73.1 Å². The zero-order valence-corrected chi connectivity index (χ0v) is 21.0. The maximum Gasteiger partial charge on any atom is 0.341 e. The first-order valence-corrected chi connectivity index (χ1v) is 12.0.